The van der Waals surface area contributed by atoms with Gasteiger partial charge in [0.05, 0.1) is 24.9 Å². The van der Waals surface area contributed by atoms with E-state index in [4.69, 9.17) is 4.74 Å². The third-order valence-corrected chi connectivity index (χ3v) is 3.78. The lowest BCUT2D eigenvalue weighted by Gasteiger charge is -2.34. The number of ether oxygens (including phenoxy) is 1. The second-order valence-electron chi connectivity index (χ2n) is 5.17. The third kappa shape index (κ3) is 2.56. The van der Waals surface area contributed by atoms with E-state index in [1.54, 1.807) is 6.20 Å². The van der Waals surface area contributed by atoms with Crippen LogP contribution in [0.5, 0.6) is 0 Å². The van der Waals surface area contributed by atoms with E-state index in [0.717, 1.165) is 42.7 Å². The van der Waals surface area contributed by atoms with Gasteiger partial charge in [-0.1, -0.05) is 0 Å². The summed E-state index contributed by atoms with van der Waals surface area (Å²) in [7, 11) is 3.77. The van der Waals surface area contributed by atoms with E-state index < -0.39 is 0 Å². The van der Waals surface area contributed by atoms with Crippen LogP contribution in [0.4, 0.5) is 11.6 Å². The minimum atomic E-state index is 0.299. The molecular weight excluding hydrogens is 268 g/mol. The predicted octanol–water partition coefficient (Wildman–Crippen LogP) is 1.14. The summed E-state index contributed by atoms with van der Waals surface area (Å²) < 4.78 is 7.32. The van der Waals surface area contributed by atoms with Crippen molar-refractivity contribution >= 4 is 11.6 Å². The van der Waals surface area contributed by atoms with E-state index >= 15 is 0 Å². The Morgan fingerprint density at radius 3 is 2.90 bits per heavy atom. The van der Waals surface area contributed by atoms with E-state index in [1.807, 2.05) is 24.8 Å². The van der Waals surface area contributed by atoms with Crippen LogP contribution in [0.15, 0.2) is 18.3 Å². The molecule has 1 aliphatic heterocycles. The summed E-state index contributed by atoms with van der Waals surface area (Å²) in [5.74, 6) is 1.63. The number of morpholine rings is 1. The zero-order valence-electron chi connectivity index (χ0n) is 12.6. The van der Waals surface area contributed by atoms with Crippen molar-refractivity contribution in [3.05, 3.63) is 18.3 Å². The summed E-state index contributed by atoms with van der Waals surface area (Å²) in [5.41, 5.74) is 2.01. The molecule has 0 aromatic carbocycles. The van der Waals surface area contributed by atoms with Crippen molar-refractivity contribution in [3.63, 3.8) is 0 Å². The molecule has 3 rings (SSSR count). The second-order valence-corrected chi connectivity index (χ2v) is 5.17. The molecule has 2 aromatic heterocycles. The van der Waals surface area contributed by atoms with Gasteiger partial charge in [-0.25, -0.2) is 0 Å². The summed E-state index contributed by atoms with van der Waals surface area (Å²) in [6, 6.07) is 4.34. The van der Waals surface area contributed by atoms with Crippen LogP contribution in [0.25, 0.3) is 11.3 Å². The van der Waals surface area contributed by atoms with Crippen molar-refractivity contribution < 1.29 is 4.74 Å². The van der Waals surface area contributed by atoms with Gasteiger partial charge < -0.3 is 15.0 Å². The highest BCUT2D eigenvalue weighted by atomic mass is 16.5. The molecular formula is C14H20N6O. The Hall–Kier alpha value is -2.15. The maximum Gasteiger partial charge on any atom is 0.158 e. The number of nitrogens with one attached hydrogen (secondary N) is 1. The van der Waals surface area contributed by atoms with Gasteiger partial charge in [0.1, 0.15) is 0 Å². The highest BCUT2D eigenvalue weighted by Crippen LogP contribution is 2.29. The van der Waals surface area contributed by atoms with Crippen LogP contribution in [0.3, 0.4) is 0 Å². The first-order valence-electron chi connectivity index (χ1n) is 7.09. The number of anilines is 2. The number of rotatable bonds is 3. The average Bonchev–Trinajstić information content (AvgIpc) is 2.93. The highest BCUT2D eigenvalue weighted by Gasteiger charge is 2.22. The number of aryl methyl sites for hydroxylation is 1. The van der Waals surface area contributed by atoms with Crippen molar-refractivity contribution in [1.29, 1.82) is 0 Å². The minimum absolute atomic E-state index is 0.299. The normalized spacial score (nSPS) is 18.8. The van der Waals surface area contributed by atoms with Crippen molar-refractivity contribution in [3.8, 4) is 11.3 Å². The third-order valence-electron chi connectivity index (χ3n) is 3.78. The monoisotopic (exact) mass is 288 g/mol. The van der Waals surface area contributed by atoms with Crippen LogP contribution in [-0.2, 0) is 11.8 Å². The quantitative estimate of drug-likeness (QED) is 0.913. The maximum atomic E-state index is 5.48. The highest BCUT2D eigenvalue weighted by molar-refractivity contribution is 5.74. The van der Waals surface area contributed by atoms with Crippen LogP contribution >= 0.6 is 0 Å². The van der Waals surface area contributed by atoms with Gasteiger partial charge in [0.2, 0.25) is 0 Å². The Labute approximate surface area is 123 Å². The number of hydrogen-bond acceptors (Lipinski definition) is 6. The first kappa shape index (κ1) is 13.8. The molecule has 21 heavy (non-hydrogen) atoms. The van der Waals surface area contributed by atoms with Gasteiger partial charge in [0.15, 0.2) is 11.6 Å². The van der Waals surface area contributed by atoms with Crippen molar-refractivity contribution in [2.45, 2.75) is 13.0 Å². The topological polar surface area (TPSA) is 68.1 Å². The lowest BCUT2D eigenvalue weighted by Crippen LogP contribution is -2.44. The lowest BCUT2D eigenvalue weighted by molar-refractivity contribution is 0.0984. The number of hydrogen-bond donors (Lipinski definition) is 1. The van der Waals surface area contributed by atoms with Gasteiger partial charge in [-0.2, -0.15) is 5.10 Å². The van der Waals surface area contributed by atoms with E-state index in [0.29, 0.717) is 6.04 Å². The molecule has 1 aliphatic rings. The maximum absolute atomic E-state index is 5.48. The van der Waals surface area contributed by atoms with E-state index in [9.17, 15) is 0 Å². The zero-order valence-corrected chi connectivity index (χ0v) is 12.6. The molecule has 3 heterocycles. The summed E-state index contributed by atoms with van der Waals surface area (Å²) in [4.78, 5) is 2.23. The van der Waals surface area contributed by atoms with Crippen LogP contribution in [0.1, 0.15) is 6.92 Å². The fraction of sp³-hybridized carbons (Fsp3) is 0.500. The first-order valence-corrected chi connectivity index (χ1v) is 7.09. The molecule has 7 heteroatoms. The van der Waals surface area contributed by atoms with Gasteiger partial charge in [0, 0.05) is 32.4 Å². The number of nitrogens with zero attached hydrogens (tertiary/aromatic N) is 5. The standard InChI is InChI=1S/C14H20N6O/c1-10-9-21-7-6-20(10)13-8-11(14(15-2)18-17-13)12-4-5-16-19(12)3/h4-5,8,10H,6-7,9H2,1-3H3,(H,15,18)/t10-/m1/s1. The molecule has 0 amide bonds. The molecule has 0 spiro atoms. The number of aromatic nitrogens is 4. The van der Waals surface area contributed by atoms with Gasteiger partial charge in [-0.05, 0) is 19.1 Å². The fourth-order valence-electron chi connectivity index (χ4n) is 2.61. The molecule has 0 saturated carbocycles. The lowest BCUT2D eigenvalue weighted by atomic mass is 10.1. The molecule has 1 saturated heterocycles. The molecule has 0 radical (unpaired) electrons. The van der Waals surface area contributed by atoms with Crippen LogP contribution in [0.2, 0.25) is 0 Å². The summed E-state index contributed by atoms with van der Waals surface area (Å²) >= 11 is 0. The Bertz CT molecular complexity index is 626. The summed E-state index contributed by atoms with van der Waals surface area (Å²) in [6.45, 7) is 4.41. The van der Waals surface area contributed by atoms with Gasteiger partial charge >= 0.3 is 0 Å². The van der Waals surface area contributed by atoms with E-state index in [1.165, 1.54) is 0 Å². The molecule has 0 bridgehead atoms. The predicted molar refractivity (Wildman–Crippen MR) is 81.4 cm³/mol. The Morgan fingerprint density at radius 1 is 1.38 bits per heavy atom. The molecule has 1 fully saturated rings. The van der Waals surface area contributed by atoms with E-state index in [-0.39, 0.29) is 0 Å². The van der Waals surface area contributed by atoms with Crippen LogP contribution in [-0.4, -0.2) is 52.8 Å². The fourth-order valence-corrected chi connectivity index (χ4v) is 2.61. The SMILES string of the molecule is CNc1nnc(N2CCOC[C@H]2C)cc1-c1ccnn1C. The summed E-state index contributed by atoms with van der Waals surface area (Å²) in [5, 5.41) is 16.0. The van der Waals surface area contributed by atoms with Crippen LogP contribution < -0.4 is 10.2 Å². The Kier molecular flexibility index (Phi) is 3.74. The molecule has 1 atom stereocenters. The Balaban J connectivity index is 2.02. The molecule has 112 valence electrons. The van der Waals surface area contributed by atoms with Crippen LogP contribution in [0, 0.1) is 0 Å². The smallest absolute Gasteiger partial charge is 0.158 e. The summed E-state index contributed by atoms with van der Waals surface area (Å²) in [6.07, 6.45) is 1.78. The molecule has 0 aliphatic carbocycles. The first-order chi connectivity index (χ1) is 10.2. The van der Waals surface area contributed by atoms with Crippen molar-refractivity contribution in [2.24, 2.45) is 7.05 Å². The van der Waals surface area contributed by atoms with Crippen molar-refractivity contribution in [2.75, 3.05) is 37.0 Å². The average molecular weight is 288 g/mol. The zero-order chi connectivity index (χ0) is 14.8. The largest absolute Gasteiger partial charge is 0.377 e. The molecule has 7 nitrogen and oxygen atoms in total. The second kappa shape index (κ2) is 5.69. The Morgan fingerprint density at radius 2 is 2.24 bits per heavy atom. The molecule has 0 unspecified atom stereocenters. The van der Waals surface area contributed by atoms with E-state index in [2.05, 4.69) is 38.5 Å². The van der Waals surface area contributed by atoms with Crippen molar-refractivity contribution in [1.82, 2.24) is 20.0 Å². The minimum Gasteiger partial charge on any atom is -0.377 e. The van der Waals surface area contributed by atoms with Gasteiger partial charge in [-0.15, -0.1) is 10.2 Å². The van der Waals surface area contributed by atoms with Gasteiger partial charge in [0.25, 0.3) is 0 Å². The van der Waals surface area contributed by atoms with Gasteiger partial charge in [-0.3, -0.25) is 4.68 Å². The molecule has 1 N–H and O–H groups in total. The molecule has 2 aromatic rings.